The summed E-state index contributed by atoms with van der Waals surface area (Å²) in [4.78, 5) is 12.4. The molecule has 2 heterocycles. The Morgan fingerprint density at radius 1 is 1.20 bits per heavy atom. The smallest absolute Gasteiger partial charge is 0.279 e. The van der Waals surface area contributed by atoms with Gasteiger partial charge in [-0.25, -0.2) is 4.68 Å². The normalized spacial score (nSPS) is 10.7. The second-order valence-corrected chi connectivity index (χ2v) is 6.23. The Bertz CT molecular complexity index is 871. The zero-order chi connectivity index (χ0) is 17.8. The van der Waals surface area contributed by atoms with Crippen LogP contribution in [0.3, 0.4) is 0 Å². The SMILES string of the molecule is CCOc1ccc(-n2nnc(C(=O)Nc3nnc(CC)s3)c2C)cc1. The van der Waals surface area contributed by atoms with Crippen LogP contribution in [0.25, 0.3) is 5.69 Å². The average molecular weight is 358 g/mol. The molecule has 8 nitrogen and oxygen atoms in total. The Labute approximate surface area is 148 Å². The number of aryl methyl sites for hydroxylation is 1. The quantitative estimate of drug-likeness (QED) is 0.728. The number of hydrogen-bond acceptors (Lipinski definition) is 7. The molecule has 0 saturated carbocycles. The highest BCUT2D eigenvalue weighted by atomic mass is 32.1. The lowest BCUT2D eigenvalue weighted by Gasteiger charge is -2.06. The highest BCUT2D eigenvalue weighted by Crippen LogP contribution is 2.19. The van der Waals surface area contributed by atoms with Crippen LogP contribution in [0.2, 0.25) is 0 Å². The van der Waals surface area contributed by atoms with Gasteiger partial charge in [-0.3, -0.25) is 10.1 Å². The molecule has 0 saturated heterocycles. The monoisotopic (exact) mass is 358 g/mol. The highest BCUT2D eigenvalue weighted by molar-refractivity contribution is 7.15. The average Bonchev–Trinajstić information content (AvgIpc) is 3.22. The van der Waals surface area contributed by atoms with E-state index in [0.29, 0.717) is 17.4 Å². The fraction of sp³-hybridized carbons (Fsp3) is 0.312. The molecule has 2 aromatic heterocycles. The molecule has 0 fully saturated rings. The van der Waals surface area contributed by atoms with E-state index < -0.39 is 0 Å². The van der Waals surface area contributed by atoms with Gasteiger partial charge < -0.3 is 4.74 Å². The minimum absolute atomic E-state index is 0.252. The van der Waals surface area contributed by atoms with Gasteiger partial charge in [0.15, 0.2) is 5.69 Å². The van der Waals surface area contributed by atoms with Crippen molar-refractivity contribution in [3.05, 3.63) is 40.7 Å². The van der Waals surface area contributed by atoms with Crippen LogP contribution >= 0.6 is 11.3 Å². The molecule has 0 radical (unpaired) electrons. The van der Waals surface area contributed by atoms with Crippen LogP contribution in [0.5, 0.6) is 5.75 Å². The first-order chi connectivity index (χ1) is 12.1. The first-order valence-electron chi connectivity index (χ1n) is 7.91. The Kier molecular flexibility index (Phi) is 5.03. The number of amides is 1. The third kappa shape index (κ3) is 3.66. The molecular weight excluding hydrogens is 340 g/mol. The van der Waals surface area contributed by atoms with Gasteiger partial charge in [0.1, 0.15) is 10.8 Å². The summed E-state index contributed by atoms with van der Waals surface area (Å²) in [6.45, 7) is 6.32. The molecule has 0 aliphatic heterocycles. The summed E-state index contributed by atoms with van der Waals surface area (Å²) in [6, 6.07) is 7.44. The number of rotatable bonds is 6. The Morgan fingerprint density at radius 3 is 2.60 bits per heavy atom. The lowest BCUT2D eigenvalue weighted by atomic mass is 10.2. The van der Waals surface area contributed by atoms with Crippen molar-refractivity contribution in [3.8, 4) is 11.4 Å². The van der Waals surface area contributed by atoms with Crippen molar-refractivity contribution < 1.29 is 9.53 Å². The number of hydrogen-bond donors (Lipinski definition) is 1. The fourth-order valence-electron chi connectivity index (χ4n) is 2.24. The maximum absolute atomic E-state index is 12.4. The van der Waals surface area contributed by atoms with E-state index in [1.807, 2.05) is 38.1 Å². The van der Waals surface area contributed by atoms with Crippen molar-refractivity contribution in [1.29, 1.82) is 0 Å². The Morgan fingerprint density at radius 2 is 1.96 bits per heavy atom. The minimum Gasteiger partial charge on any atom is -0.494 e. The van der Waals surface area contributed by atoms with Gasteiger partial charge in [-0.05, 0) is 44.5 Å². The van der Waals surface area contributed by atoms with Crippen LogP contribution in [0.1, 0.15) is 35.0 Å². The molecule has 0 spiro atoms. The third-order valence-electron chi connectivity index (χ3n) is 3.49. The van der Waals surface area contributed by atoms with E-state index in [9.17, 15) is 4.79 Å². The molecule has 130 valence electrons. The number of anilines is 1. The van der Waals surface area contributed by atoms with Crippen LogP contribution in [0.15, 0.2) is 24.3 Å². The van der Waals surface area contributed by atoms with Gasteiger partial charge in [-0.2, -0.15) is 0 Å². The van der Waals surface area contributed by atoms with Crippen LogP contribution in [-0.4, -0.2) is 37.7 Å². The molecular formula is C16H18N6O2S. The van der Waals surface area contributed by atoms with Crippen molar-refractivity contribution in [2.75, 3.05) is 11.9 Å². The van der Waals surface area contributed by atoms with Gasteiger partial charge >= 0.3 is 0 Å². The van der Waals surface area contributed by atoms with Gasteiger partial charge in [-0.1, -0.05) is 23.5 Å². The van der Waals surface area contributed by atoms with Crippen LogP contribution in [0, 0.1) is 6.92 Å². The molecule has 1 N–H and O–H groups in total. The first kappa shape index (κ1) is 17.0. The predicted octanol–water partition coefficient (Wildman–Crippen LogP) is 2.64. The van der Waals surface area contributed by atoms with E-state index >= 15 is 0 Å². The molecule has 0 unspecified atom stereocenters. The van der Waals surface area contributed by atoms with Gasteiger partial charge in [-0.15, -0.1) is 15.3 Å². The Hall–Kier alpha value is -2.81. The number of carbonyl (C=O) groups excluding carboxylic acids is 1. The number of carbonyl (C=O) groups is 1. The zero-order valence-electron chi connectivity index (χ0n) is 14.2. The molecule has 3 rings (SSSR count). The third-order valence-corrected chi connectivity index (χ3v) is 4.47. The Balaban J connectivity index is 1.79. The zero-order valence-corrected chi connectivity index (χ0v) is 15.0. The number of nitrogens with one attached hydrogen (secondary N) is 1. The fourth-order valence-corrected chi connectivity index (χ4v) is 2.91. The molecule has 1 amide bonds. The standard InChI is InChI=1S/C16H18N6O2S/c1-4-13-18-20-16(25-13)17-15(23)14-10(3)22(21-19-14)11-6-8-12(9-7-11)24-5-2/h6-9H,4-5H2,1-3H3,(H,17,20,23). The van der Waals surface area contributed by atoms with Gasteiger partial charge in [0, 0.05) is 0 Å². The lowest BCUT2D eigenvalue weighted by Crippen LogP contribution is -2.14. The number of benzene rings is 1. The first-order valence-corrected chi connectivity index (χ1v) is 8.73. The summed E-state index contributed by atoms with van der Waals surface area (Å²) in [5.74, 6) is 0.429. The number of ether oxygens (including phenoxy) is 1. The summed E-state index contributed by atoms with van der Waals surface area (Å²) in [5, 5.41) is 20.0. The maximum atomic E-state index is 12.4. The summed E-state index contributed by atoms with van der Waals surface area (Å²) in [6.07, 6.45) is 0.778. The lowest BCUT2D eigenvalue weighted by molar-refractivity contribution is 0.102. The van der Waals surface area contributed by atoms with Gasteiger partial charge in [0.05, 0.1) is 18.0 Å². The van der Waals surface area contributed by atoms with Crippen molar-refractivity contribution >= 4 is 22.4 Å². The van der Waals surface area contributed by atoms with Crippen molar-refractivity contribution in [3.63, 3.8) is 0 Å². The summed E-state index contributed by atoms with van der Waals surface area (Å²) >= 11 is 1.35. The molecule has 3 aromatic rings. The molecule has 0 aliphatic carbocycles. The van der Waals surface area contributed by atoms with E-state index in [0.717, 1.165) is 22.9 Å². The van der Waals surface area contributed by atoms with E-state index in [-0.39, 0.29) is 11.6 Å². The predicted molar refractivity (Wildman–Crippen MR) is 94.5 cm³/mol. The van der Waals surface area contributed by atoms with Gasteiger partial charge in [0.25, 0.3) is 5.91 Å². The molecule has 9 heteroatoms. The van der Waals surface area contributed by atoms with E-state index in [1.165, 1.54) is 11.3 Å². The van der Waals surface area contributed by atoms with E-state index in [1.54, 1.807) is 11.6 Å². The van der Waals surface area contributed by atoms with Crippen LogP contribution < -0.4 is 10.1 Å². The molecule has 1 aromatic carbocycles. The highest BCUT2D eigenvalue weighted by Gasteiger charge is 2.19. The molecule has 0 atom stereocenters. The number of nitrogens with zero attached hydrogens (tertiary/aromatic N) is 5. The number of aromatic nitrogens is 5. The van der Waals surface area contributed by atoms with Crippen molar-refractivity contribution in [1.82, 2.24) is 25.2 Å². The largest absolute Gasteiger partial charge is 0.494 e. The molecule has 0 bridgehead atoms. The summed E-state index contributed by atoms with van der Waals surface area (Å²) in [5.41, 5.74) is 1.70. The van der Waals surface area contributed by atoms with E-state index in [2.05, 4.69) is 25.8 Å². The topological polar surface area (TPSA) is 94.8 Å². The van der Waals surface area contributed by atoms with Crippen molar-refractivity contribution in [2.45, 2.75) is 27.2 Å². The summed E-state index contributed by atoms with van der Waals surface area (Å²) < 4.78 is 7.04. The maximum Gasteiger partial charge on any atom is 0.279 e. The summed E-state index contributed by atoms with van der Waals surface area (Å²) in [7, 11) is 0. The second kappa shape index (κ2) is 7.39. The van der Waals surface area contributed by atoms with Crippen LogP contribution in [0.4, 0.5) is 5.13 Å². The molecule has 0 aliphatic rings. The van der Waals surface area contributed by atoms with Gasteiger partial charge in [0.2, 0.25) is 5.13 Å². The minimum atomic E-state index is -0.353. The van der Waals surface area contributed by atoms with E-state index in [4.69, 9.17) is 4.74 Å². The van der Waals surface area contributed by atoms with Crippen molar-refractivity contribution in [2.24, 2.45) is 0 Å². The molecule has 25 heavy (non-hydrogen) atoms. The van der Waals surface area contributed by atoms with Crippen LogP contribution in [-0.2, 0) is 6.42 Å². The second-order valence-electron chi connectivity index (χ2n) is 5.17.